The van der Waals surface area contributed by atoms with Crippen molar-refractivity contribution in [3.05, 3.63) is 48.6 Å². The maximum atomic E-state index is 12.5. The van der Waals surface area contributed by atoms with Crippen LogP contribution in [0.25, 0.3) is 0 Å². The molecule has 0 saturated carbocycles. The molecule has 3 unspecified atom stereocenters. The highest BCUT2D eigenvalue weighted by Gasteiger charge is 2.23. The lowest BCUT2D eigenvalue weighted by atomic mass is 9.99. The van der Waals surface area contributed by atoms with Crippen LogP contribution in [0.15, 0.2) is 43.0 Å². The number of carbonyl (C=O) groups excluding carboxylic acids is 2. The van der Waals surface area contributed by atoms with Gasteiger partial charge in [-0.1, -0.05) is 36.4 Å². The third kappa shape index (κ3) is 9.33. The molecule has 4 N–H and O–H groups in total. The minimum absolute atomic E-state index is 0.0226. The molecule has 2 amide bonds. The molecule has 1 aromatic rings. The number of amides is 2. The van der Waals surface area contributed by atoms with Gasteiger partial charge in [0.1, 0.15) is 0 Å². The van der Waals surface area contributed by atoms with Crippen LogP contribution in [-0.2, 0) is 20.9 Å². The van der Waals surface area contributed by atoms with E-state index in [2.05, 4.69) is 17.2 Å². The van der Waals surface area contributed by atoms with E-state index in [1.54, 1.807) is 13.0 Å². The maximum absolute atomic E-state index is 12.5. The smallest absolute Gasteiger partial charge is 0.224 e. The van der Waals surface area contributed by atoms with Crippen LogP contribution in [-0.4, -0.2) is 53.9 Å². The molecule has 7 heteroatoms. The van der Waals surface area contributed by atoms with Crippen LogP contribution in [0.1, 0.15) is 25.3 Å². The fraction of sp³-hybridized carbons (Fsp3) is 0.500. The number of ether oxygens (including phenoxy) is 1. The van der Waals surface area contributed by atoms with Crippen molar-refractivity contribution in [2.75, 3.05) is 19.8 Å². The molecule has 1 rings (SSSR count). The van der Waals surface area contributed by atoms with Gasteiger partial charge in [0.15, 0.2) is 0 Å². The van der Waals surface area contributed by atoms with E-state index in [1.165, 1.54) is 0 Å². The summed E-state index contributed by atoms with van der Waals surface area (Å²) in [5.41, 5.74) is 1.000. The van der Waals surface area contributed by atoms with E-state index in [0.29, 0.717) is 13.0 Å². The second kappa shape index (κ2) is 13.0. The van der Waals surface area contributed by atoms with E-state index in [1.807, 2.05) is 30.3 Å². The van der Waals surface area contributed by atoms with Gasteiger partial charge in [-0.3, -0.25) is 9.59 Å². The number of aliphatic hydroxyl groups excluding tert-OH is 2. The number of nitrogens with one attached hydrogen (secondary N) is 2. The quantitative estimate of drug-likeness (QED) is 0.379. The summed E-state index contributed by atoms with van der Waals surface area (Å²) < 4.78 is 5.56. The van der Waals surface area contributed by atoms with Gasteiger partial charge < -0.3 is 25.6 Å². The molecule has 7 nitrogen and oxygen atoms in total. The van der Waals surface area contributed by atoms with Crippen molar-refractivity contribution in [2.24, 2.45) is 5.92 Å². The summed E-state index contributed by atoms with van der Waals surface area (Å²) in [6.07, 6.45) is 1.88. The van der Waals surface area contributed by atoms with Crippen LogP contribution < -0.4 is 10.6 Å². The molecule has 0 aliphatic carbocycles. The Hall–Kier alpha value is -2.22. The predicted molar refractivity (Wildman–Crippen MR) is 103 cm³/mol. The minimum atomic E-state index is -0.600. The first-order valence-electron chi connectivity index (χ1n) is 9.04. The van der Waals surface area contributed by atoms with Crippen molar-refractivity contribution in [1.82, 2.24) is 10.6 Å². The van der Waals surface area contributed by atoms with Crippen LogP contribution >= 0.6 is 0 Å². The highest BCUT2D eigenvalue weighted by atomic mass is 16.5. The van der Waals surface area contributed by atoms with Crippen molar-refractivity contribution in [3.8, 4) is 0 Å². The van der Waals surface area contributed by atoms with E-state index >= 15 is 0 Å². The number of rotatable bonds is 13. The summed E-state index contributed by atoms with van der Waals surface area (Å²) in [4.78, 5) is 24.4. The summed E-state index contributed by atoms with van der Waals surface area (Å²) >= 11 is 0. The monoisotopic (exact) mass is 378 g/mol. The first-order chi connectivity index (χ1) is 13.0. The second-order valence-electron chi connectivity index (χ2n) is 6.47. The lowest BCUT2D eigenvalue weighted by Crippen LogP contribution is -2.45. The summed E-state index contributed by atoms with van der Waals surface area (Å²) in [7, 11) is 0. The van der Waals surface area contributed by atoms with E-state index in [0.717, 1.165) is 5.56 Å². The number of hydrogen-bond acceptors (Lipinski definition) is 5. The lowest BCUT2D eigenvalue weighted by molar-refractivity contribution is -0.131. The number of allylic oxidation sites excluding steroid dienone is 1. The molecule has 1 aromatic carbocycles. The third-order valence-electron chi connectivity index (χ3n) is 3.93. The normalized spacial score (nSPS) is 14.0. The van der Waals surface area contributed by atoms with Crippen molar-refractivity contribution in [3.63, 3.8) is 0 Å². The molecule has 0 aliphatic rings. The van der Waals surface area contributed by atoms with Gasteiger partial charge in [0.25, 0.3) is 0 Å². The van der Waals surface area contributed by atoms with Gasteiger partial charge in [-0.25, -0.2) is 0 Å². The van der Waals surface area contributed by atoms with Gasteiger partial charge in [-0.2, -0.15) is 0 Å². The van der Waals surface area contributed by atoms with E-state index in [-0.39, 0.29) is 44.1 Å². The molecule has 0 saturated heterocycles. The van der Waals surface area contributed by atoms with Crippen LogP contribution in [0.2, 0.25) is 0 Å². The zero-order valence-electron chi connectivity index (χ0n) is 15.8. The molecular formula is C20H30N2O5. The van der Waals surface area contributed by atoms with Crippen molar-refractivity contribution < 1.29 is 24.5 Å². The topological polar surface area (TPSA) is 108 Å². The Morgan fingerprint density at radius 2 is 1.89 bits per heavy atom. The van der Waals surface area contributed by atoms with Gasteiger partial charge in [-0.15, -0.1) is 6.58 Å². The Morgan fingerprint density at radius 3 is 2.48 bits per heavy atom. The van der Waals surface area contributed by atoms with Gasteiger partial charge in [0.05, 0.1) is 38.4 Å². The fourth-order valence-electron chi connectivity index (χ4n) is 2.44. The van der Waals surface area contributed by atoms with Crippen LogP contribution in [0.4, 0.5) is 0 Å². The third-order valence-corrected chi connectivity index (χ3v) is 3.93. The molecule has 0 aliphatic heterocycles. The number of hydrogen-bond donors (Lipinski definition) is 4. The summed E-state index contributed by atoms with van der Waals surface area (Å²) in [6, 6.07) is 8.66. The second-order valence-corrected chi connectivity index (χ2v) is 6.47. The Kier molecular flexibility index (Phi) is 11.0. The van der Waals surface area contributed by atoms with Gasteiger partial charge in [0, 0.05) is 12.5 Å². The molecule has 0 fully saturated rings. The first-order valence-corrected chi connectivity index (χ1v) is 9.04. The number of carbonyl (C=O) groups is 2. The lowest BCUT2D eigenvalue weighted by Gasteiger charge is -2.21. The Balaban J connectivity index is 2.50. The minimum Gasteiger partial charge on any atom is -0.394 e. The van der Waals surface area contributed by atoms with E-state index in [4.69, 9.17) is 9.84 Å². The molecule has 27 heavy (non-hydrogen) atoms. The molecule has 0 radical (unpaired) electrons. The fourth-order valence-corrected chi connectivity index (χ4v) is 2.44. The van der Waals surface area contributed by atoms with Crippen LogP contribution in [0.5, 0.6) is 0 Å². The highest BCUT2D eigenvalue weighted by Crippen LogP contribution is 2.11. The van der Waals surface area contributed by atoms with Crippen LogP contribution in [0.3, 0.4) is 0 Å². The molecule has 0 heterocycles. The summed E-state index contributed by atoms with van der Waals surface area (Å²) in [5.74, 6) is -1.26. The summed E-state index contributed by atoms with van der Waals surface area (Å²) in [5, 5.41) is 23.8. The average Bonchev–Trinajstić information content (AvgIpc) is 2.67. The Bertz CT molecular complexity index is 579. The predicted octanol–water partition coefficient (Wildman–Crippen LogP) is 0.760. The Morgan fingerprint density at radius 1 is 1.19 bits per heavy atom. The number of aliphatic hydroxyl groups is 2. The maximum Gasteiger partial charge on any atom is 0.224 e. The first kappa shape index (κ1) is 22.8. The zero-order valence-corrected chi connectivity index (χ0v) is 15.8. The molecule has 3 atom stereocenters. The zero-order chi connectivity index (χ0) is 20.1. The van der Waals surface area contributed by atoms with Crippen molar-refractivity contribution in [1.29, 1.82) is 0 Å². The Labute approximate surface area is 160 Å². The molecule has 150 valence electrons. The molecule has 0 bridgehead atoms. The summed E-state index contributed by atoms with van der Waals surface area (Å²) in [6.45, 7) is 5.40. The van der Waals surface area contributed by atoms with Crippen molar-refractivity contribution in [2.45, 2.75) is 38.5 Å². The van der Waals surface area contributed by atoms with E-state index in [9.17, 15) is 14.7 Å². The molecular weight excluding hydrogens is 348 g/mol. The average molecular weight is 378 g/mol. The van der Waals surface area contributed by atoms with Crippen molar-refractivity contribution >= 4 is 11.8 Å². The van der Waals surface area contributed by atoms with Gasteiger partial charge in [0.2, 0.25) is 11.8 Å². The van der Waals surface area contributed by atoms with Crippen LogP contribution in [0, 0.1) is 5.92 Å². The van der Waals surface area contributed by atoms with Gasteiger partial charge >= 0.3 is 0 Å². The molecule has 0 aromatic heterocycles. The highest BCUT2D eigenvalue weighted by molar-refractivity contribution is 5.86. The SMILES string of the molecule is C=CCC(CC(=O)NC(C)CO)C(=O)NC(CO)COCc1ccccc1. The molecule has 0 spiro atoms. The van der Waals surface area contributed by atoms with Gasteiger partial charge in [-0.05, 0) is 18.9 Å². The number of benzene rings is 1. The largest absolute Gasteiger partial charge is 0.394 e. The standard InChI is InChI=1S/C20H30N2O5/c1-3-7-17(10-19(25)21-15(2)11-23)20(26)22-18(12-24)14-27-13-16-8-5-4-6-9-16/h3-6,8-9,15,17-18,23-24H,1,7,10-14H2,2H3,(H,21,25)(H,22,26). The van der Waals surface area contributed by atoms with E-state index < -0.39 is 12.0 Å².